The first-order valence-corrected chi connectivity index (χ1v) is 7.66. The van der Waals surface area contributed by atoms with E-state index in [9.17, 15) is 10.2 Å². The Morgan fingerprint density at radius 2 is 1.04 bits per heavy atom. The van der Waals surface area contributed by atoms with E-state index in [1.807, 2.05) is 62.3 Å². The summed E-state index contributed by atoms with van der Waals surface area (Å²) in [5.74, 6) is 0.545. The first-order chi connectivity index (χ1) is 10.6. The van der Waals surface area contributed by atoms with E-state index in [0.717, 1.165) is 22.5 Å². The van der Waals surface area contributed by atoms with E-state index in [-0.39, 0.29) is 16.9 Å². The molecule has 0 radical (unpaired) electrons. The molecule has 2 rings (SSSR count). The molecule has 4 nitrogen and oxygen atoms in total. The average Bonchev–Trinajstić information content (AvgIpc) is 2.47. The van der Waals surface area contributed by atoms with Gasteiger partial charge in [-0.25, -0.2) is 0 Å². The molecular weight excluding hydrogens is 288 g/mol. The molecule has 2 N–H and O–H groups in total. The molecule has 2 aromatic carbocycles. The van der Waals surface area contributed by atoms with Gasteiger partial charge in [-0.3, -0.25) is 0 Å². The van der Waals surface area contributed by atoms with E-state index in [2.05, 4.69) is 13.8 Å². The number of phenols is 2. The molecule has 0 heterocycles. The van der Waals surface area contributed by atoms with Crippen molar-refractivity contribution >= 4 is 11.4 Å². The normalized spacial score (nSPS) is 11.4. The zero-order valence-corrected chi connectivity index (χ0v) is 14.8. The fourth-order valence-corrected chi connectivity index (χ4v) is 2.71. The molecule has 124 valence electrons. The summed E-state index contributed by atoms with van der Waals surface area (Å²) in [6, 6.07) is 11.4. The number of phenolic OH excluding ortho intramolecular Hbond substituents is 2. The van der Waals surface area contributed by atoms with Crippen LogP contribution in [0.5, 0.6) is 11.5 Å². The highest BCUT2D eigenvalue weighted by molar-refractivity contribution is 5.63. The van der Waals surface area contributed by atoms with Crippen LogP contribution in [0.2, 0.25) is 0 Å². The molecule has 0 unspecified atom stereocenters. The average molecular weight is 314 g/mol. The monoisotopic (exact) mass is 314 g/mol. The molecule has 0 amide bonds. The number of anilines is 2. The third-order valence-corrected chi connectivity index (χ3v) is 4.36. The van der Waals surface area contributed by atoms with E-state index in [1.165, 1.54) is 0 Å². The summed E-state index contributed by atoms with van der Waals surface area (Å²) in [6.07, 6.45) is 0. The molecule has 4 heteroatoms. The Labute approximate surface area is 138 Å². The summed E-state index contributed by atoms with van der Waals surface area (Å²) >= 11 is 0. The summed E-state index contributed by atoms with van der Waals surface area (Å²) in [4.78, 5) is 3.80. The molecule has 0 aliphatic heterocycles. The van der Waals surface area contributed by atoms with Crippen molar-refractivity contribution < 1.29 is 10.2 Å². The first-order valence-electron chi connectivity index (χ1n) is 7.66. The Bertz CT molecular complexity index is 647. The highest BCUT2D eigenvalue weighted by atomic mass is 16.3. The van der Waals surface area contributed by atoms with Gasteiger partial charge in [-0.1, -0.05) is 26.0 Å². The molecule has 0 atom stereocenters. The Morgan fingerprint density at radius 1 is 0.696 bits per heavy atom. The van der Waals surface area contributed by atoms with Crippen molar-refractivity contribution in [2.24, 2.45) is 0 Å². The fraction of sp³-hybridized carbons (Fsp3) is 0.368. The lowest BCUT2D eigenvalue weighted by atomic mass is 9.77. The Morgan fingerprint density at radius 3 is 1.35 bits per heavy atom. The number of nitrogens with zero attached hydrogens (tertiary/aromatic N) is 2. The molecule has 23 heavy (non-hydrogen) atoms. The van der Waals surface area contributed by atoms with Crippen molar-refractivity contribution in [3.63, 3.8) is 0 Å². The van der Waals surface area contributed by atoms with Gasteiger partial charge in [0.05, 0.1) is 11.4 Å². The predicted octanol–water partition coefficient (Wildman–Crippen LogP) is 3.56. The van der Waals surface area contributed by atoms with Crippen molar-refractivity contribution in [3.05, 3.63) is 47.5 Å². The quantitative estimate of drug-likeness (QED) is 0.906. The van der Waals surface area contributed by atoms with Gasteiger partial charge in [-0.05, 0) is 35.4 Å². The van der Waals surface area contributed by atoms with Gasteiger partial charge < -0.3 is 20.0 Å². The van der Waals surface area contributed by atoms with Gasteiger partial charge in [-0.15, -0.1) is 0 Å². The third-order valence-electron chi connectivity index (χ3n) is 4.36. The summed E-state index contributed by atoms with van der Waals surface area (Å²) in [5, 5.41) is 20.0. The van der Waals surface area contributed by atoms with Crippen molar-refractivity contribution in [1.82, 2.24) is 0 Å². The summed E-state index contributed by atoms with van der Waals surface area (Å²) in [7, 11) is 7.65. The maximum absolute atomic E-state index is 10.0. The highest BCUT2D eigenvalue weighted by Crippen LogP contribution is 2.39. The SMILES string of the molecule is CN(C)c1cc(C(C)(C)c2ccc(O)c(N(C)C)c2)ccc1O. The van der Waals surface area contributed by atoms with Crippen LogP contribution >= 0.6 is 0 Å². The second-order valence-corrected chi connectivity index (χ2v) is 6.82. The molecular formula is C19H26N2O2. The Kier molecular flexibility index (Phi) is 4.46. The van der Waals surface area contributed by atoms with E-state index in [1.54, 1.807) is 12.1 Å². The lowest BCUT2D eigenvalue weighted by Crippen LogP contribution is -2.21. The van der Waals surface area contributed by atoms with Crippen LogP contribution in [0.25, 0.3) is 0 Å². The minimum atomic E-state index is -0.253. The standard InChI is InChI=1S/C19H26N2O2/c1-19(2,13-7-9-17(22)15(11-13)20(3)4)14-8-10-18(23)16(12-14)21(5)6/h7-12,22-23H,1-6H3. The van der Waals surface area contributed by atoms with Gasteiger partial charge in [0.15, 0.2) is 0 Å². The zero-order chi connectivity index (χ0) is 17.4. The topological polar surface area (TPSA) is 46.9 Å². The predicted molar refractivity (Wildman–Crippen MR) is 97.0 cm³/mol. The lowest BCUT2D eigenvalue weighted by Gasteiger charge is -2.29. The van der Waals surface area contributed by atoms with Gasteiger partial charge in [0.25, 0.3) is 0 Å². The van der Waals surface area contributed by atoms with Crippen LogP contribution in [0, 0.1) is 0 Å². The fourth-order valence-electron chi connectivity index (χ4n) is 2.71. The molecule has 0 fully saturated rings. The van der Waals surface area contributed by atoms with Crippen LogP contribution in [0.1, 0.15) is 25.0 Å². The number of aromatic hydroxyl groups is 2. The van der Waals surface area contributed by atoms with E-state index in [4.69, 9.17) is 0 Å². The van der Waals surface area contributed by atoms with E-state index >= 15 is 0 Å². The summed E-state index contributed by atoms with van der Waals surface area (Å²) < 4.78 is 0. The van der Waals surface area contributed by atoms with Crippen molar-refractivity contribution in [1.29, 1.82) is 0 Å². The smallest absolute Gasteiger partial charge is 0.138 e. The van der Waals surface area contributed by atoms with Gasteiger partial charge in [0.1, 0.15) is 11.5 Å². The maximum Gasteiger partial charge on any atom is 0.138 e. The largest absolute Gasteiger partial charge is 0.506 e. The summed E-state index contributed by atoms with van der Waals surface area (Å²) in [6.45, 7) is 4.29. The molecule has 0 aliphatic rings. The van der Waals surface area contributed by atoms with Crippen LogP contribution in [-0.4, -0.2) is 38.4 Å². The zero-order valence-electron chi connectivity index (χ0n) is 14.8. The van der Waals surface area contributed by atoms with Gasteiger partial charge in [0.2, 0.25) is 0 Å². The third kappa shape index (κ3) is 3.21. The van der Waals surface area contributed by atoms with E-state index in [0.29, 0.717) is 0 Å². The minimum absolute atomic E-state index is 0.253. The van der Waals surface area contributed by atoms with Gasteiger partial charge >= 0.3 is 0 Å². The van der Waals surface area contributed by atoms with Crippen molar-refractivity contribution in [2.75, 3.05) is 38.0 Å². The van der Waals surface area contributed by atoms with Crippen molar-refractivity contribution in [3.8, 4) is 11.5 Å². The second-order valence-electron chi connectivity index (χ2n) is 6.82. The van der Waals surface area contributed by atoms with Crippen LogP contribution in [-0.2, 0) is 5.41 Å². The molecule has 0 spiro atoms. The lowest BCUT2D eigenvalue weighted by molar-refractivity contribution is 0.474. The Balaban J connectivity index is 2.54. The molecule has 0 aliphatic carbocycles. The minimum Gasteiger partial charge on any atom is -0.506 e. The van der Waals surface area contributed by atoms with Crippen LogP contribution in [0.3, 0.4) is 0 Å². The van der Waals surface area contributed by atoms with E-state index < -0.39 is 0 Å². The molecule has 0 saturated carbocycles. The second kappa shape index (κ2) is 6.03. The molecule has 0 saturated heterocycles. The first kappa shape index (κ1) is 17.0. The van der Waals surface area contributed by atoms with Crippen molar-refractivity contribution in [2.45, 2.75) is 19.3 Å². The number of hydrogen-bond acceptors (Lipinski definition) is 4. The molecule has 2 aromatic rings. The highest BCUT2D eigenvalue weighted by Gasteiger charge is 2.25. The summed E-state index contributed by atoms with van der Waals surface area (Å²) in [5.41, 5.74) is 3.55. The molecule has 0 aromatic heterocycles. The van der Waals surface area contributed by atoms with Gasteiger partial charge in [0, 0.05) is 33.6 Å². The molecule has 0 bridgehead atoms. The Hall–Kier alpha value is -2.36. The van der Waals surface area contributed by atoms with Crippen LogP contribution in [0.15, 0.2) is 36.4 Å². The number of benzene rings is 2. The maximum atomic E-state index is 10.0. The van der Waals surface area contributed by atoms with Crippen LogP contribution in [0.4, 0.5) is 11.4 Å². The number of hydrogen-bond donors (Lipinski definition) is 2. The van der Waals surface area contributed by atoms with Gasteiger partial charge in [-0.2, -0.15) is 0 Å². The van der Waals surface area contributed by atoms with Crippen LogP contribution < -0.4 is 9.80 Å². The number of rotatable bonds is 4.